The second kappa shape index (κ2) is 5.28. The largest absolute Gasteiger partial charge is 0.374 e. The minimum atomic E-state index is -0.141. The van der Waals surface area contributed by atoms with Crippen LogP contribution in [0.25, 0.3) is 0 Å². The minimum absolute atomic E-state index is 0.141. The number of hydrogen-bond donors (Lipinski definition) is 1. The zero-order chi connectivity index (χ0) is 11.3. The molecular weight excluding hydrogens is 190 g/mol. The summed E-state index contributed by atoms with van der Waals surface area (Å²) in [5.74, 6) is 0. The standard InChI is InChI=1S/C11H21N3O/c1-5-15-11(2,3)8-14-9-13-7-10(14)6-12-4/h7,9,12H,5-6,8H2,1-4H3. The van der Waals surface area contributed by atoms with Crippen LogP contribution in [0.4, 0.5) is 0 Å². The van der Waals surface area contributed by atoms with E-state index in [2.05, 4.69) is 28.7 Å². The Hall–Kier alpha value is -0.870. The predicted molar refractivity (Wildman–Crippen MR) is 60.7 cm³/mol. The van der Waals surface area contributed by atoms with E-state index in [-0.39, 0.29) is 5.60 Å². The van der Waals surface area contributed by atoms with Crippen LogP contribution < -0.4 is 5.32 Å². The molecule has 0 saturated heterocycles. The van der Waals surface area contributed by atoms with Crippen molar-refractivity contribution < 1.29 is 4.74 Å². The summed E-state index contributed by atoms with van der Waals surface area (Å²) in [7, 11) is 1.94. The van der Waals surface area contributed by atoms with Crippen LogP contribution in [0.1, 0.15) is 26.5 Å². The van der Waals surface area contributed by atoms with Crippen molar-refractivity contribution in [2.45, 2.75) is 39.5 Å². The van der Waals surface area contributed by atoms with Crippen LogP contribution in [-0.4, -0.2) is 28.8 Å². The molecule has 0 aliphatic heterocycles. The fourth-order valence-electron chi connectivity index (χ4n) is 1.67. The van der Waals surface area contributed by atoms with Gasteiger partial charge in [0.15, 0.2) is 0 Å². The third-order valence-electron chi connectivity index (χ3n) is 2.24. The van der Waals surface area contributed by atoms with Gasteiger partial charge in [-0.25, -0.2) is 4.98 Å². The van der Waals surface area contributed by atoms with Gasteiger partial charge in [-0.2, -0.15) is 0 Å². The molecule has 0 radical (unpaired) electrons. The Morgan fingerprint density at radius 2 is 2.27 bits per heavy atom. The first-order valence-corrected chi connectivity index (χ1v) is 5.36. The van der Waals surface area contributed by atoms with Gasteiger partial charge in [-0.05, 0) is 27.8 Å². The maximum atomic E-state index is 5.67. The molecule has 1 N–H and O–H groups in total. The van der Waals surface area contributed by atoms with Crippen LogP contribution in [0.15, 0.2) is 12.5 Å². The smallest absolute Gasteiger partial charge is 0.0949 e. The number of aromatic nitrogens is 2. The number of imidazole rings is 1. The van der Waals surface area contributed by atoms with Crippen molar-refractivity contribution in [1.29, 1.82) is 0 Å². The Labute approximate surface area is 91.7 Å². The van der Waals surface area contributed by atoms with E-state index in [0.717, 1.165) is 19.7 Å². The SMILES string of the molecule is CCOC(C)(C)Cn1cncc1CNC. The highest BCUT2D eigenvalue weighted by molar-refractivity contribution is 4.98. The van der Waals surface area contributed by atoms with Crippen molar-refractivity contribution in [3.8, 4) is 0 Å². The van der Waals surface area contributed by atoms with E-state index in [4.69, 9.17) is 4.74 Å². The van der Waals surface area contributed by atoms with E-state index in [1.807, 2.05) is 26.5 Å². The summed E-state index contributed by atoms with van der Waals surface area (Å²) in [5.41, 5.74) is 1.04. The van der Waals surface area contributed by atoms with Crippen molar-refractivity contribution in [3.63, 3.8) is 0 Å². The molecule has 0 atom stereocenters. The van der Waals surface area contributed by atoms with Gasteiger partial charge in [0.05, 0.1) is 24.2 Å². The number of ether oxygens (including phenoxy) is 1. The van der Waals surface area contributed by atoms with Crippen LogP contribution in [0.5, 0.6) is 0 Å². The molecule has 0 aliphatic carbocycles. The topological polar surface area (TPSA) is 39.1 Å². The zero-order valence-electron chi connectivity index (χ0n) is 10.1. The van der Waals surface area contributed by atoms with Crippen LogP contribution >= 0.6 is 0 Å². The van der Waals surface area contributed by atoms with E-state index < -0.39 is 0 Å². The van der Waals surface area contributed by atoms with Crippen molar-refractivity contribution in [3.05, 3.63) is 18.2 Å². The second-order valence-corrected chi connectivity index (χ2v) is 4.24. The Kier molecular flexibility index (Phi) is 4.29. The molecule has 15 heavy (non-hydrogen) atoms. The molecule has 0 spiro atoms. The first kappa shape index (κ1) is 12.2. The summed E-state index contributed by atoms with van der Waals surface area (Å²) in [6.45, 7) is 8.62. The average molecular weight is 211 g/mol. The molecule has 0 fully saturated rings. The Balaban J connectivity index is 2.66. The van der Waals surface area contributed by atoms with Crippen molar-refractivity contribution in [1.82, 2.24) is 14.9 Å². The molecule has 4 heteroatoms. The monoisotopic (exact) mass is 211 g/mol. The molecule has 0 unspecified atom stereocenters. The molecule has 1 heterocycles. The van der Waals surface area contributed by atoms with E-state index >= 15 is 0 Å². The van der Waals surface area contributed by atoms with Gasteiger partial charge in [0.2, 0.25) is 0 Å². The average Bonchev–Trinajstić information content (AvgIpc) is 2.52. The quantitative estimate of drug-likeness (QED) is 0.773. The maximum Gasteiger partial charge on any atom is 0.0949 e. The van der Waals surface area contributed by atoms with Gasteiger partial charge >= 0.3 is 0 Å². The molecular formula is C11H21N3O. The van der Waals surface area contributed by atoms with E-state index in [1.54, 1.807) is 0 Å². The third kappa shape index (κ3) is 3.64. The lowest BCUT2D eigenvalue weighted by Crippen LogP contribution is -2.31. The first-order chi connectivity index (χ1) is 7.09. The van der Waals surface area contributed by atoms with Gasteiger partial charge in [-0.15, -0.1) is 0 Å². The van der Waals surface area contributed by atoms with Crippen LogP contribution in [-0.2, 0) is 17.8 Å². The molecule has 0 aliphatic rings. The highest BCUT2D eigenvalue weighted by Gasteiger charge is 2.19. The first-order valence-electron chi connectivity index (χ1n) is 5.36. The van der Waals surface area contributed by atoms with Gasteiger partial charge in [0.1, 0.15) is 0 Å². The molecule has 86 valence electrons. The third-order valence-corrected chi connectivity index (χ3v) is 2.24. The van der Waals surface area contributed by atoms with Gasteiger partial charge in [0.25, 0.3) is 0 Å². The lowest BCUT2D eigenvalue weighted by Gasteiger charge is -2.26. The summed E-state index contributed by atoms with van der Waals surface area (Å²) in [6, 6.07) is 0. The van der Waals surface area contributed by atoms with Gasteiger partial charge in [-0.1, -0.05) is 0 Å². The molecule has 0 bridgehead atoms. The molecule has 0 aromatic carbocycles. The van der Waals surface area contributed by atoms with Gasteiger partial charge in [-0.3, -0.25) is 0 Å². The summed E-state index contributed by atoms with van der Waals surface area (Å²) < 4.78 is 7.80. The summed E-state index contributed by atoms with van der Waals surface area (Å²) in [6.07, 6.45) is 3.74. The van der Waals surface area contributed by atoms with Crippen molar-refractivity contribution >= 4 is 0 Å². The molecule has 4 nitrogen and oxygen atoms in total. The van der Waals surface area contributed by atoms with Gasteiger partial charge in [0, 0.05) is 19.3 Å². The summed E-state index contributed by atoms with van der Waals surface area (Å²) in [4.78, 5) is 4.15. The maximum absolute atomic E-state index is 5.67. The number of nitrogens with zero attached hydrogens (tertiary/aromatic N) is 2. The van der Waals surface area contributed by atoms with E-state index in [0.29, 0.717) is 0 Å². The van der Waals surface area contributed by atoms with E-state index in [9.17, 15) is 0 Å². The highest BCUT2D eigenvalue weighted by atomic mass is 16.5. The lowest BCUT2D eigenvalue weighted by molar-refractivity contribution is -0.0228. The van der Waals surface area contributed by atoms with Crippen molar-refractivity contribution in [2.75, 3.05) is 13.7 Å². The Bertz CT molecular complexity index is 294. The Morgan fingerprint density at radius 3 is 2.87 bits per heavy atom. The van der Waals surface area contributed by atoms with Crippen LogP contribution in [0.3, 0.4) is 0 Å². The van der Waals surface area contributed by atoms with Crippen molar-refractivity contribution in [2.24, 2.45) is 0 Å². The fraction of sp³-hybridized carbons (Fsp3) is 0.727. The molecule has 1 aromatic rings. The normalized spacial score (nSPS) is 12.0. The second-order valence-electron chi connectivity index (χ2n) is 4.24. The number of hydrogen-bond acceptors (Lipinski definition) is 3. The lowest BCUT2D eigenvalue weighted by atomic mass is 10.1. The highest BCUT2D eigenvalue weighted by Crippen LogP contribution is 2.13. The zero-order valence-corrected chi connectivity index (χ0v) is 10.1. The van der Waals surface area contributed by atoms with Gasteiger partial charge < -0.3 is 14.6 Å². The van der Waals surface area contributed by atoms with Crippen LogP contribution in [0.2, 0.25) is 0 Å². The Morgan fingerprint density at radius 1 is 1.53 bits per heavy atom. The summed E-state index contributed by atoms with van der Waals surface area (Å²) >= 11 is 0. The van der Waals surface area contributed by atoms with E-state index in [1.165, 1.54) is 5.69 Å². The minimum Gasteiger partial charge on any atom is -0.374 e. The molecule has 0 amide bonds. The predicted octanol–water partition coefficient (Wildman–Crippen LogP) is 1.42. The summed E-state index contributed by atoms with van der Waals surface area (Å²) in [5, 5.41) is 3.13. The molecule has 0 saturated carbocycles. The number of rotatable bonds is 6. The fourth-order valence-corrected chi connectivity index (χ4v) is 1.67. The molecule has 1 rings (SSSR count). The van der Waals surface area contributed by atoms with Crippen LogP contribution in [0, 0.1) is 0 Å². The number of nitrogens with one attached hydrogen (secondary N) is 1. The molecule has 1 aromatic heterocycles.